The summed E-state index contributed by atoms with van der Waals surface area (Å²) < 4.78 is 0. The van der Waals surface area contributed by atoms with Crippen molar-refractivity contribution in [3.63, 3.8) is 0 Å². The Balaban J connectivity index is -0.0000000966. The molecule has 0 amide bonds. The number of carboxylic acids is 4. The number of aliphatic hydroxyl groups is 4. The molecule has 0 saturated heterocycles. The summed E-state index contributed by atoms with van der Waals surface area (Å²) in [5.41, 5.74) is -1.11. The first-order chi connectivity index (χ1) is 14.8. The Bertz CT molecular complexity index is 405. The normalized spacial score (nSPS) is 9.12. The molecule has 12 nitrogen and oxygen atoms in total. The number of hydrogen-bond acceptors (Lipinski definition) is 11. The van der Waals surface area contributed by atoms with E-state index >= 15 is 0 Å². The van der Waals surface area contributed by atoms with Crippen molar-refractivity contribution < 1.29 is 60.0 Å². The molecule has 0 heterocycles. The van der Waals surface area contributed by atoms with E-state index in [4.69, 9.17) is 40.9 Å². The lowest BCUT2D eigenvalue weighted by Gasteiger charge is -2.23. The minimum absolute atomic E-state index is 0.156. The topological polar surface area (TPSA) is 230 Å². The molecule has 0 spiro atoms. The number of aliphatic carboxylic acids is 4. The SMILES string of the molecule is CCC(=O)O.O=C(O)CCS.O=C(O)CCS.O=C(O)CCS.OCC(CO)(CO)CO. The summed E-state index contributed by atoms with van der Waals surface area (Å²) >= 11 is 11.0. The zero-order chi connectivity index (χ0) is 26.6. The van der Waals surface area contributed by atoms with E-state index in [1.54, 1.807) is 6.92 Å². The van der Waals surface area contributed by atoms with Gasteiger partial charge in [-0.05, 0) is 0 Å². The fourth-order valence-electron chi connectivity index (χ4n) is 0.587. The van der Waals surface area contributed by atoms with Crippen LogP contribution in [-0.2, 0) is 19.2 Å². The van der Waals surface area contributed by atoms with Crippen LogP contribution in [0.3, 0.4) is 0 Å². The van der Waals surface area contributed by atoms with E-state index in [0.29, 0.717) is 17.3 Å². The van der Waals surface area contributed by atoms with E-state index < -0.39 is 55.7 Å². The van der Waals surface area contributed by atoms with Gasteiger partial charge in [-0.15, -0.1) is 0 Å². The zero-order valence-corrected chi connectivity index (χ0v) is 20.5. The second kappa shape index (κ2) is 32.0. The first kappa shape index (κ1) is 41.1. The molecule has 0 saturated carbocycles. The first-order valence-electron chi connectivity index (χ1n) is 8.96. The summed E-state index contributed by atoms with van der Waals surface area (Å²) in [6, 6.07) is 0. The van der Waals surface area contributed by atoms with E-state index in [1.165, 1.54) is 0 Å². The molecule has 0 aliphatic heterocycles. The molecule has 0 aliphatic carbocycles. The van der Waals surface area contributed by atoms with Crippen molar-refractivity contribution in [1.29, 1.82) is 0 Å². The summed E-state index contributed by atoms with van der Waals surface area (Å²) in [5.74, 6) is -1.83. The fraction of sp³-hybridized carbons (Fsp3) is 0.765. The molecule has 0 aromatic rings. The molecular weight excluding hydrogens is 492 g/mol. The molecule has 0 rings (SSSR count). The van der Waals surface area contributed by atoms with Crippen molar-refractivity contribution in [3.05, 3.63) is 0 Å². The number of carboxylic acid groups (broad SMARTS) is 4. The van der Waals surface area contributed by atoms with Gasteiger partial charge in [-0.3, -0.25) is 19.2 Å². The number of hydrogen-bond donors (Lipinski definition) is 11. The standard InChI is InChI=1S/C5H12O4.3C3H6O2S.C3H6O2/c6-1-5(2-7,3-8)4-9;3*4-3(5)1-2-6;1-2-3(4)5/h6-9H,1-4H2;3*6H,1-2H2,(H,4,5);2H2,1H3,(H,4,5). The van der Waals surface area contributed by atoms with Crippen molar-refractivity contribution >= 4 is 61.8 Å². The highest BCUT2D eigenvalue weighted by Crippen LogP contribution is 2.11. The Kier molecular flexibility index (Phi) is 41.0. The van der Waals surface area contributed by atoms with Crippen LogP contribution in [0.4, 0.5) is 0 Å². The first-order valence-corrected chi connectivity index (χ1v) is 10.9. The van der Waals surface area contributed by atoms with Crippen LogP contribution in [0.15, 0.2) is 0 Å². The predicted molar refractivity (Wildman–Crippen MR) is 127 cm³/mol. The number of carbonyl (C=O) groups is 4. The summed E-state index contributed by atoms with van der Waals surface area (Å²) in [6.45, 7) is -0.0255. The van der Waals surface area contributed by atoms with Gasteiger partial charge in [0.1, 0.15) is 0 Å². The van der Waals surface area contributed by atoms with Gasteiger partial charge >= 0.3 is 23.9 Å². The quantitative estimate of drug-likeness (QED) is 0.154. The fourth-order valence-corrected chi connectivity index (χ4v) is 1.16. The van der Waals surface area contributed by atoms with Crippen molar-refractivity contribution in [2.24, 2.45) is 5.41 Å². The number of aliphatic hydroxyl groups excluding tert-OH is 4. The highest BCUT2D eigenvalue weighted by molar-refractivity contribution is 7.80. The third-order valence-corrected chi connectivity index (χ3v) is 3.29. The largest absolute Gasteiger partial charge is 0.481 e. The molecule has 0 aromatic carbocycles. The van der Waals surface area contributed by atoms with Crippen LogP contribution in [0.5, 0.6) is 0 Å². The van der Waals surface area contributed by atoms with Crippen LogP contribution in [0.1, 0.15) is 32.6 Å². The van der Waals surface area contributed by atoms with Gasteiger partial charge in [0, 0.05) is 23.7 Å². The highest BCUT2D eigenvalue weighted by atomic mass is 32.1. The van der Waals surface area contributed by atoms with Crippen LogP contribution in [-0.4, -0.2) is 108 Å². The van der Waals surface area contributed by atoms with Crippen LogP contribution < -0.4 is 0 Å². The third kappa shape index (κ3) is 46.8. The molecule has 194 valence electrons. The van der Waals surface area contributed by atoms with Crippen molar-refractivity contribution in [3.8, 4) is 0 Å². The van der Waals surface area contributed by atoms with Crippen LogP contribution >= 0.6 is 37.9 Å². The molecule has 32 heavy (non-hydrogen) atoms. The van der Waals surface area contributed by atoms with Crippen LogP contribution in [0, 0.1) is 5.41 Å². The minimum Gasteiger partial charge on any atom is -0.481 e. The molecule has 0 aliphatic rings. The average molecular weight is 529 g/mol. The van der Waals surface area contributed by atoms with E-state index in [2.05, 4.69) is 37.9 Å². The average Bonchev–Trinajstić information content (AvgIpc) is 2.72. The molecule has 0 bridgehead atoms. The number of rotatable bonds is 11. The van der Waals surface area contributed by atoms with E-state index in [1.807, 2.05) is 0 Å². The second-order valence-electron chi connectivity index (χ2n) is 5.48. The predicted octanol–water partition coefficient (Wildman–Crippen LogP) is -0.404. The lowest BCUT2D eigenvalue weighted by molar-refractivity contribution is -0.137. The van der Waals surface area contributed by atoms with Gasteiger partial charge in [0.15, 0.2) is 0 Å². The van der Waals surface area contributed by atoms with Gasteiger partial charge in [0.2, 0.25) is 0 Å². The van der Waals surface area contributed by atoms with Crippen molar-refractivity contribution in [2.45, 2.75) is 32.6 Å². The number of thiol groups is 3. The maximum Gasteiger partial charge on any atom is 0.304 e. The third-order valence-electron chi connectivity index (χ3n) is 2.62. The van der Waals surface area contributed by atoms with Gasteiger partial charge in [0.05, 0.1) is 51.1 Å². The smallest absolute Gasteiger partial charge is 0.304 e. The monoisotopic (exact) mass is 528 g/mol. The van der Waals surface area contributed by atoms with Gasteiger partial charge in [-0.2, -0.15) is 37.9 Å². The Labute approximate surface area is 203 Å². The summed E-state index contributed by atoms with van der Waals surface area (Å²) in [4.78, 5) is 38.0. The van der Waals surface area contributed by atoms with E-state index in [9.17, 15) is 19.2 Å². The summed E-state index contributed by atoms with van der Waals surface area (Å²) in [5, 5.41) is 65.3. The van der Waals surface area contributed by atoms with Gasteiger partial charge in [-0.25, -0.2) is 0 Å². The zero-order valence-electron chi connectivity index (χ0n) is 17.8. The minimum atomic E-state index is -1.11. The maximum absolute atomic E-state index is 9.55. The second-order valence-corrected chi connectivity index (χ2v) is 6.82. The van der Waals surface area contributed by atoms with Crippen molar-refractivity contribution in [1.82, 2.24) is 0 Å². The molecule has 0 aromatic heterocycles. The Morgan fingerprint density at radius 3 is 0.750 bits per heavy atom. The van der Waals surface area contributed by atoms with Gasteiger partial charge < -0.3 is 40.9 Å². The molecule has 8 N–H and O–H groups in total. The molecule has 0 fully saturated rings. The molecule has 15 heteroatoms. The van der Waals surface area contributed by atoms with Gasteiger partial charge in [0.25, 0.3) is 0 Å². The molecule has 0 radical (unpaired) electrons. The highest BCUT2D eigenvalue weighted by Gasteiger charge is 2.26. The van der Waals surface area contributed by atoms with Crippen molar-refractivity contribution in [2.75, 3.05) is 43.7 Å². The van der Waals surface area contributed by atoms with Crippen LogP contribution in [0.25, 0.3) is 0 Å². The molecular formula is C17H36O12S3. The van der Waals surface area contributed by atoms with E-state index in [-0.39, 0.29) is 25.7 Å². The summed E-state index contributed by atoms with van der Waals surface area (Å²) in [7, 11) is 0. The lowest BCUT2D eigenvalue weighted by Crippen LogP contribution is -2.37. The Morgan fingerprint density at radius 2 is 0.750 bits per heavy atom. The van der Waals surface area contributed by atoms with Gasteiger partial charge in [-0.1, -0.05) is 6.92 Å². The Morgan fingerprint density at radius 1 is 0.562 bits per heavy atom. The lowest BCUT2D eigenvalue weighted by atomic mass is 9.93. The molecule has 0 unspecified atom stereocenters. The molecule has 0 atom stereocenters. The van der Waals surface area contributed by atoms with E-state index in [0.717, 1.165) is 0 Å². The summed E-state index contributed by atoms with van der Waals surface area (Å²) in [6.07, 6.45) is 0.690. The van der Waals surface area contributed by atoms with Crippen LogP contribution in [0.2, 0.25) is 0 Å². The maximum atomic E-state index is 9.55. The Hall–Kier alpha value is -1.23.